The average Bonchev–Trinajstić information content (AvgIpc) is 2.96. The lowest BCUT2D eigenvalue weighted by Crippen LogP contribution is -2.27. The van der Waals surface area contributed by atoms with Gasteiger partial charge in [0.15, 0.2) is 5.78 Å². The van der Waals surface area contributed by atoms with Crippen molar-refractivity contribution in [3.05, 3.63) is 100 Å². The number of para-hydroxylation sites is 3. The second-order valence-electron chi connectivity index (χ2n) is 8.92. The first-order valence-corrected chi connectivity index (χ1v) is 11.8. The Morgan fingerprint density at radius 2 is 1.61 bits per heavy atom. The number of anilines is 2. The zero-order valence-corrected chi connectivity index (χ0v) is 19.5. The van der Waals surface area contributed by atoms with E-state index in [1.54, 1.807) is 0 Å². The van der Waals surface area contributed by atoms with E-state index >= 15 is 0 Å². The highest BCUT2D eigenvalue weighted by Crippen LogP contribution is 2.45. The number of Topliss-reactive ketones (excluding diaryl/α,β-unsaturated/α-hetero) is 1. The summed E-state index contributed by atoms with van der Waals surface area (Å²) in [5.41, 5.74) is 5.79. The zero-order chi connectivity index (χ0) is 22.9. The summed E-state index contributed by atoms with van der Waals surface area (Å²) in [6, 6.07) is 23.6. The number of benzene rings is 3. The standard InChI is InChI=1S/C28H27ClN2O2/c1-17(2)33-26-10-6-3-7-21(26)28-27-24(30-22-8-4-5-9-23(22)31-28)15-19(16-25(27)32)18-11-13-20(29)14-12-18/h3-14,17,19,28,30-31H,15-16H2,1-2H3/t19-,28+/m0/s1. The minimum absolute atomic E-state index is 0.0344. The highest BCUT2D eigenvalue weighted by Gasteiger charge is 2.37. The highest BCUT2D eigenvalue weighted by atomic mass is 35.5. The molecule has 0 unspecified atom stereocenters. The Hall–Kier alpha value is -3.24. The van der Waals surface area contributed by atoms with Crippen molar-refractivity contribution < 1.29 is 9.53 Å². The molecule has 1 aliphatic carbocycles. The molecule has 0 aromatic heterocycles. The summed E-state index contributed by atoms with van der Waals surface area (Å²) in [6.07, 6.45) is 1.25. The van der Waals surface area contributed by atoms with Crippen LogP contribution in [0.4, 0.5) is 11.4 Å². The quantitative estimate of drug-likeness (QED) is 0.437. The number of ether oxygens (including phenoxy) is 1. The monoisotopic (exact) mass is 458 g/mol. The van der Waals surface area contributed by atoms with Gasteiger partial charge in [-0.05, 0) is 62.1 Å². The van der Waals surface area contributed by atoms with E-state index in [1.807, 2.05) is 86.6 Å². The van der Waals surface area contributed by atoms with Crippen molar-refractivity contribution in [1.29, 1.82) is 0 Å². The van der Waals surface area contributed by atoms with Gasteiger partial charge in [-0.2, -0.15) is 0 Å². The van der Waals surface area contributed by atoms with E-state index in [9.17, 15) is 4.79 Å². The number of halogens is 1. The molecule has 0 saturated heterocycles. The first-order chi connectivity index (χ1) is 16.0. The number of hydrogen-bond donors (Lipinski definition) is 2. The molecule has 0 spiro atoms. The third-order valence-corrected chi connectivity index (χ3v) is 6.50. The molecule has 3 aromatic rings. The molecule has 0 bridgehead atoms. The van der Waals surface area contributed by atoms with E-state index in [1.165, 1.54) is 0 Å². The second kappa shape index (κ2) is 8.95. The second-order valence-corrected chi connectivity index (χ2v) is 9.36. The topological polar surface area (TPSA) is 50.4 Å². The average molecular weight is 459 g/mol. The third kappa shape index (κ3) is 4.36. The van der Waals surface area contributed by atoms with Gasteiger partial charge in [-0.15, -0.1) is 0 Å². The van der Waals surface area contributed by atoms with Crippen LogP contribution in [0.3, 0.4) is 0 Å². The molecule has 3 aromatic carbocycles. The van der Waals surface area contributed by atoms with Crippen LogP contribution in [-0.4, -0.2) is 11.9 Å². The van der Waals surface area contributed by atoms with Crippen molar-refractivity contribution >= 4 is 28.8 Å². The fraction of sp³-hybridized carbons (Fsp3) is 0.250. The lowest BCUT2D eigenvalue weighted by Gasteiger charge is -2.30. The van der Waals surface area contributed by atoms with E-state index in [4.69, 9.17) is 16.3 Å². The van der Waals surface area contributed by atoms with Crippen LogP contribution in [0.1, 0.15) is 49.8 Å². The Labute approximate surface area is 199 Å². The fourth-order valence-electron chi connectivity index (χ4n) is 4.78. The predicted molar refractivity (Wildman–Crippen MR) is 134 cm³/mol. The maximum atomic E-state index is 13.7. The van der Waals surface area contributed by atoms with Crippen LogP contribution in [-0.2, 0) is 4.79 Å². The third-order valence-electron chi connectivity index (χ3n) is 6.24. The van der Waals surface area contributed by atoms with Crippen molar-refractivity contribution in [3.63, 3.8) is 0 Å². The molecule has 1 aliphatic heterocycles. The molecule has 0 saturated carbocycles. The van der Waals surface area contributed by atoms with Crippen LogP contribution in [0, 0.1) is 0 Å². The van der Waals surface area contributed by atoms with E-state index in [0.717, 1.165) is 45.9 Å². The van der Waals surface area contributed by atoms with Crippen LogP contribution in [0.2, 0.25) is 5.02 Å². The lowest BCUT2D eigenvalue weighted by molar-refractivity contribution is -0.116. The number of fused-ring (bicyclic) bond motifs is 1. The molecule has 2 atom stereocenters. The van der Waals surface area contributed by atoms with Gasteiger partial charge in [-0.1, -0.05) is 54.1 Å². The molecule has 0 fully saturated rings. The SMILES string of the molecule is CC(C)Oc1ccccc1[C@H]1Nc2ccccc2NC2=C1C(=O)C[C@@H](c1ccc(Cl)cc1)C2. The lowest BCUT2D eigenvalue weighted by atomic mass is 9.78. The zero-order valence-electron chi connectivity index (χ0n) is 18.8. The number of nitrogens with one attached hydrogen (secondary N) is 2. The van der Waals surface area contributed by atoms with E-state index in [-0.39, 0.29) is 23.8 Å². The smallest absolute Gasteiger partial charge is 0.163 e. The number of ketones is 1. The van der Waals surface area contributed by atoms with Crippen LogP contribution in [0.5, 0.6) is 5.75 Å². The molecule has 0 amide bonds. The van der Waals surface area contributed by atoms with Gasteiger partial charge in [0.05, 0.1) is 23.5 Å². The Morgan fingerprint density at radius 3 is 2.36 bits per heavy atom. The minimum atomic E-state index is -0.301. The fourth-order valence-corrected chi connectivity index (χ4v) is 4.90. The molecule has 0 radical (unpaired) electrons. The van der Waals surface area contributed by atoms with Crippen LogP contribution >= 0.6 is 11.6 Å². The molecule has 5 rings (SSSR count). The Kier molecular flexibility index (Phi) is 5.86. The van der Waals surface area contributed by atoms with Crippen molar-refractivity contribution in [2.24, 2.45) is 0 Å². The van der Waals surface area contributed by atoms with E-state index in [2.05, 4.69) is 10.6 Å². The number of allylic oxidation sites excluding steroid dienone is 1. The number of carbonyl (C=O) groups excluding carboxylic acids is 1. The predicted octanol–water partition coefficient (Wildman–Crippen LogP) is 7.11. The maximum Gasteiger partial charge on any atom is 0.163 e. The normalized spacial score (nSPS) is 19.8. The van der Waals surface area contributed by atoms with Crippen LogP contribution < -0.4 is 15.4 Å². The van der Waals surface area contributed by atoms with Crippen LogP contribution in [0.25, 0.3) is 0 Å². The highest BCUT2D eigenvalue weighted by molar-refractivity contribution is 6.30. The molecular formula is C28H27ClN2O2. The summed E-state index contributed by atoms with van der Waals surface area (Å²) < 4.78 is 6.14. The summed E-state index contributed by atoms with van der Waals surface area (Å²) in [7, 11) is 0. The summed E-state index contributed by atoms with van der Waals surface area (Å²) in [4.78, 5) is 13.7. The van der Waals surface area contributed by atoms with Gasteiger partial charge in [0.1, 0.15) is 5.75 Å². The van der Waals surface area contributed by atoms with Gasteiger partial charge in [0.25, 0.3) is 0 Å². The summed E-state index contributed by atoms with van der Waals surface area (Å²) in [6.45, 7) is 4.03. The number of rotatable bonds is 4. The largest absolute Gasteiger partial charge is 0.491 e. The molecule has 2 aliphatic rings. The van der Waals surface area contributed by atoms with E-state index in [0.29, 0.717) is 11.4 Å². The molecule has 5 heteroatoms. The molecule has 4 nitrogen and oxygen atoms in total. The van der Waals surface area contributed by atoms with E-state index < -0.39 is 0 Å². The Balaban J connectivity index is 1.61. The first-order valence-electron chi connectivity index (χ1n) is 11.4. The summed E-state index contributed by atoms with van der Waals surface area (Å²) in [5.74, 6) is 1.05. The minimum Gasteiger partial charge on any atom is -0.491 e. The van der Waals surface area contributed by atoms with Gasteiger partial charge < -0.3 is 15.4 Å². The molecule has 33 heavy (non-hydrogen) atoms. The van der Waals surface area contributed by atoms with Crippen molar-refractivity contribution in [3.8, 4) is 5.75 Å². The van der Waals surface area contributed by atoms with Crippen molar-refractivity contribution in [2.45, 2.75) is 44.8 Å². The van der Waals surface area contributed by atoms with Gasteiger partial charge in [-0.3, -0.25) is 4.79 Å². The van der Waals surface area contributed by atoms with Gasteiger partial charge in [0, 0.05) is 28.3 Å². The van der Waals surface area contributed by atoms with Gasteiger partial charge in [-0.25, -0.2) is 0 Å². The van der Waals surface area contributed by atoms with Crippen LogP contribution in [0.15, 0.2) is 84.1 Å². The summed E-state index contributed by atoms with van der Waals surface area (Å²) in [5, 5.41) is 7.94. The molecule has 168 valence electrons. The van der Waals surface area contributed by atoms with Gasteiger partial charge in [0.2, 0.25) is 0 Å². The Morgan fingerprint density at radius 1 is 0.909 bits per heavy atom. The van der Waals surface area contributed by atoms with Gasteiger partial charge >= 0.3 is 0 Å². The number of carbonyl (C=O) groups is 1. The molecular weight excluding hydrogens is 432 g/mol. The maximum absolute atomic E-state index is 13.7. The van der Waals surface area contributed by atoms with Crippen molar-refractivity contribution in [1.82, 2.24) is 0 Å². The summed E-state index contributed by atoms with van der Waals surface area (Å²) >= 11 is 6.10. The first kappa shape index (κ1) is 21.6. The number of hydrogen-bond acceptors (Lipinski definition) is 4. The molecule has 1 heterocycles. The molecule has 2 N–H and O–H groups in total. The Bertz CT molecular complexity index is 1220. The van der Waals surface area contributed by atoms with Crippen molar-refractivity contribution in [2.75, 3.05) is 10.6 Å².